The molecular weight excluding hydrogens is 240 g/mol. The average Bonchev–Trinajstić information content (AvgIpc) is 2.80. The van der Waals surface area contributed by atoms with Crippen LogP contribution in [0, 0.1) is 0 Å². The van der Waals surface area contributed by atoms with Crippen molar-refractivity contribution in [2.45, 2.75) is 45.4 Å². The van der Waals surface area contributed by atoms with Crippen molar-refractivity contribution in [2.24, 2.45) is 0 Å². The smallest absolute Gasteiger partial charge is 0.122 e. The van der Waals surface area contributed by atoms with Gasteiger partial charge in [0.15, 0.2) is 0 Å². The summed E-state index contributed by atoms with van der Waals surface area (Å²) in [7, 11) is 1.77. The van der Waals surface area contributed by atoms with E-state index in [2.05, 4.69) is 46.7 Å². The number of hydrogen-bond acceptors (Lipinski definition) is 4. The molecule has 1 aromatic heterocycles. The van der Waals surface area contributed by atoms with E-state index in [1.807, 2.05) is 6.20 Å². The van der Waals surface area contributed by atoms with Gasteiger partial charge in [0, 0.05) is 50.7 Å². The lowest BCUT2D eigenvalue weighted by molar-refractivity contribution is 0.0671. The van der Waals surface area contributed by atoms with Crippen molar-refractivity contribution in [2.75, 3.05) is 26.8 Å². The summed E-state index contributed by atoms with van der Waals surface area (Å²) in [4.78, 5) is 6.88. The molecule has 1 atom stereocenters. The Balaban J connectivity index is 1.96. The van der Waals surface area contributed by atoms with Gasteiger partial charge in [0.25, 0.3) is 0 Å². The summed E-state index contributed by atoms with van der Waals surface area (Å²) in [6.45, 7) is 11.3. The Morgan fingerprint density at radius 2 is 2.21 bits per heavy atom. The highest BCUT2D eigenvalue weighted by Crippen LogP contribution is 2.14. The zero-order chi connectivity index (χ0) is 13.9. The molecule has 1 N–H and O–H groups in total. The lowest BCUT2D eigenvalue weighted by Gasteiger charge is -2.36. The van der Waals surface area contributed by atoms with Crippen LogP contribution in [-0.4, -0.2) is 52.8 Å². The van der Waals surface area contributed by atoms with Gasteiger partial charge in [-0.3, -0.25) is 4.90 Å². The molecule has 0 fully saturated rings. The summed E-state index contributed by atoms with van der Waals surface area (Å²) in [5, 5.41) is 3.57. The van der Waals surface area contributed by atoms with Gasteiger partial charge in [0.05, 0.1) is 13.2 Å². The second-order valence-corrected chi connectivity index (χ2v) is 6.25. The van der Waals surface area contributed by atoms with Crippen molar-refractivity contribution in [1.29, 1.82) is 0 Å². The SMILES string of the molecule is COCC(CNC(C)(C)C)N1CCn2ccnc2C1. The van der Waals surface area contributed by atoms with Crippen LogP contribution in [0.3, 0.4) is 0 Å². The molecule has 2 heterocycles. The number of hydrogen-bond donors (Lipinski definition) is 1. The normalized spacial score (nSPS) is 18.3. The fraction of sp³-hybridized carbons (Fsp3) is 0.786. The van der Waals surface area contributed by atoms with E-state index in [1.165, 1.54) is 0 Å². The first kappa shape index (κ1) is 14.5. The minimum atomic E-state index is 0.139. The van der Waals surface area contributed by atoms with Crippen molar-refractivity contribution < 1.29 is 4.74 Å². The number of fused-ring (bicyclic) bond motifs is 1. The van der Waals surface area contributed by atoms with Crippen molar-refractivity contribution in [3.05, 3.63) is 18.2 Å². The molecule has 1 aliphatic rings. The van der Waals surface area contributed by atoms with Crippen LogP contribution < -0.4 is 5.32 Å². The van der Waals surface area contributed by atoms with Gasteiger partial charge in [-0.15, -0.1) is 0 Å². The van der Waals surface area contributed by atoms with E-state index in [-0.39, 0.29) is 5.54 Å². The molecule has 0 aliphatic carbocycles. The molecule has 0 radical (unpaired) electrons. The molecule has 2 rings (SSSR count). The van der Waals surface area contributed by atoms with Crippen LogP contribution in [0.5, 0.6) is 0 Å². The summed E-state index contributed by atoms with van der Waals surface area (Å²) in [6, 6.07) is 0.398. The van der Waals surface area contributed by atoms with Gasteiger partial charge in [0.2, 0.25) is 0 Å². The third-order valence-corrected chi connectivity index (χ3v) is 3.52. The minimum absolute atomic E-state index is 0.139. The van der Waals surface area contributed by atoms with Crippen molar-refractivity contribution in [3.63, 3.8) is 0 Å². The predicted octanol–water partition coefficient (Wildman–Crippen LogP) is 1.10. The molecule has 19 heavy (non-hydrogen) atoms. The molecule has 0 aromatic carbocycles. The molecule has 108 valence electrons. The first-order chi connectivity index (χ1) is 8.99. The molecule has 0 saturated carbocycles. The van der Waals surface area contributed by atoms with Gasteiger partial charge in [-0.05, 0) is 20.8 Å². The molecule has 5 heteroatoms. The Morgan fingerprint density at radius 3 is 2.89 bits per heavy atom. The summed E-state index contributed by atoms with van der Waals surface area (Å²) < 4.78 is 7.62. The van der Waals surface area contributed by atoms with E-state index in [0.717, 1.165) is 38.6 Å². The molecule has 0 saturated heterocycles. The van der Waals surface area contributed by atoms with E-state index >= 15 is 0 Å². The number of rotatable bonds is 5. The standard InChI is InChI=1S/C14H26N4O/c1-14(2,3)16-9-12(11-19-4)18-8-7-17-6-5-15-13(17)10-18/h5-6,12,16H,7-11H2,1-4H3. The van der Waals surface area contributed by atoms with Gasteiger partial charge in [0.1, 0.15) is 5.82 Å². The monoisotopic (exact) mass is 266 g/mol. The number of methoxy groups -OCH3 is 1. The topological polar surface area (TPSA) is 42.3 Å². The predicted molar refractivity (Wildman–Crippen MR) is 76.1 cm³/mol. The number of aromatic nitrogens is 2. The second kappa shape index (κ2) is 6.03. The molecule has 0 spiro atoms. The van der Waals surface area contributed by atoms with Crippen LogP contribution in [0.4, 0.5) is 0 Å². The summed E-state index contributed by atoms with van der Waals surface area (Å²) in [6.07, 6.45) is 3.95. The molecule has 0 amide bonds. The summed E-state index contributed by atoms with van der Waals surface area (Å²) >= 11 is 0. The van der Waals surface area contributed by atoms with Gasteiger partial charge in [-0.25, -0.2) is 4.98 Å². The fourth-order valence-corrected chi connectivity index (χ4v) is 2.41. The molecular formula is C14H26N4O. The first-order valence-electron chi connectivity index (χ1n) is 6.97. The van der Waals surface area contributed by atoms with E-state index in [9.17, 15) is 0 Å². The van der Waals surface area contributed by atoms with E-state index < -0.39 is 0 Å². The Morgan fingerprint density at radius 1 is 1.42 bits per heavy atom. The summed E-state index contributed by atoms with van der Waals surface area (Å²) in [5.41, 5.74) is 0.139. The van der Waals surface area contributed by atoms with Crippen molar-refractivity contribution >= 4 is 0 Å². The fourth-order valence-electron chi connectivity index (χ4n) is 2.41. The van der Waals surface area contributed by atoms with Crippen molar-refractivity contribution in [3.8, 4) is 0 Å². The average molecular weight is 266 g/mol. The zero-order valence-electron chi connectivity index (χ0n) is 12.5. The second-order valence-electron chi connectivity index (χ2n) is 6.25. The highest BCUT2D eigenvalue weighted by molar-refractivity contribution is 4.97. The van der Waals surface area contributed by atoms with Gasteiger partial charge in [-0.2, -0.15) is 0 Å². The molecule has 1 aromatic rings. The zero-order valence-corrected chi connectivity index (χ0v) is 12.5. The Kier molecular flexibility index (Phi) is 4.60. The maximum absolute atomic E-state index is 5.38. The molecule has 5 nitrogen and oxygen atoms in total. The number of nitrogens with zero attached hydrogens (tertiary/aromatic N) is 3. The Bertz CT molecular complexity index is 396. The largest absolute Gasteiger partial charge is 0.383 e. The maximum Gasteiger partial charge on any atom is 0.122 e. The maximum atomic E-state index is 5.38. The number of imidazole rings is 1. The number of nitrogens with one attached hydrogen (secondary N) is 1. The van der Waals surface area contributed by atoms with Crippen LogP contribution in [0.25, 0.3) is 0 Å². The van der Waals surface area contributed by atoms with Crippen LogP contribution in [0.2, 0.25) is 0 Å². The van der Waals surface area contributed by atoms with E-state index in [0.29, 0.717) is 6.04 Å². The van der Waals surface area contributed by atoms with Crippen LogP contribution in [0.15, 0.2) is 12.4 Å². The highest BCUT2D eigenvalue weighted by atomic mass is 16.5. The Hall–Kier alpha value is -0.910. The quantitative estimate of drug-likeness (QED) is 0.867. The van der Waals surface area contributed by atoms with E-state index in [4.69, 9.17) is 4.74 Å². The third-order valence-electron chi connectivity index (χ3n) is 3.52. The first-order valence-corrected chi connectivity index (χ1v) is 6.97. The minimum Gasteiger partial charge on any atom is -0.383 e. The Labute approximate surface area is 116 Å². The van der Waals surface area contributed by atoms with Crippen LogP contribution >= 0.6 is 0 Å². The summed E-state index contributed by atoms with van der Waals surface area (Å²) in [5.74, 6) is 1.16. The lowest BCUT2D eigenvalue weighted by atomic mass is 10.1. The van der Waals surface area contributed by atoms with Gasteiger partial charge >= 0.3 is 0 Å². The van der Waals surface area contributed by atoms with E-state index in [1.54, 1.807) is 7.11 Å². The van der Waals surface area contributed by atoms with Gasteiger partial charge < -0.3 is 14.6 Å². The molecule has 0 bridgehead atoms. The van der Waals surface area contributed by atoms with Crippen molar-refractivity contribution in [1.82, 2.24) is 19.8 Å². The third kappa shape index (κ3) is 4.03. The number of ether oxygens (including phenoxy) is 1. The van der Waals surface area contributed by atoms with Gasteiger partial charge in [-0.1, -0.05) is 0 Å². The van der Waals surface area contributed by atoms with Crippen LogP contribution in [0.1, 0.15) is 26.6 Å². The molecule has 1 unspecified atom stereocenters. The lowest BCUT2D eigenvalue weighted by Crippen LogP contribution is -2.51. The molecule has 1 aliphatic heterocycles. The van der Waals surface area contributed by atoms with Crippen LogP contribution in [-0.2, 0) is 17.8 Å². The highest BCUT2D eigenvalue weighted by Gasteiger charge is 2.25.